The predicted octanol–water partition coefficient (Wildman–Crippen LogP) is 3.19. The van der Waals surface area contributed by atoms with Gasteiger partial charge in [0.1, 0.15) is 0 Å². The molecule has 0 amide bonds. The lowest BCUT2D eigenvalue weighted by atomic mass is 10.1. The van der Waals surface area contributed by atoms with Gasteiger partial charge >= 0.3 is 5.97 Å². The van der Waals surface area contributed by atoms with Crippen LogP contribution in [0, 0.1) is 0 Å². The fourth-order valence-corrected chi connectivity index (χ4v) is 1.66. The highest BCUT2D eigenvalue weighted by atomic mass is 16.4. The van der Waals surface area contributed by atoms with E-state index < -0.39 is 5.97 Å². The van der Waals surface area contributed by atoms with E-state index in [9.17, 15) is 4.79 Å². The Balaban J connectivity index is 2.90. The first-order valence-electron chi connectivity index (χ1n) is 6.70. The Morgan fingerprint density at radius 2 is 1.50 bits per heavy atom. The Labute approximate surface area is 99.6 Å². The lowest BCUT2D eigenvalue weighted by Gasteiger charge is -2.03. The zero-order valence-electron chi connectivity index (χ0n) is 10.6. The Hall–Kier alpha value is -0.570. The molecule has 0 radical (unpaired) electrons. The molecule has 0 aliphatic heterocycles. The molecule has 0 aromatic heterocycles. The minimum atomic E-state index is -0.667. The van der Waals surface area contributed by atoms with E-state index >= 15 is 0 Å². The van der Waals surface area contributed by atoms with Crippen molar-refractivity contribution in [3.8, 4) is 0 Å². The van der Waals surface area contributed by atoms with Crippen LogP contribution in [-0.2, 0) is 4.79 Å². The highest BCUT2D eigenvalue weighted by Crippen LogP contribution is 2.06. The summed E-state index contributed by atoms with van der Waals surface area (Å²) in [4.78, 5) is 10.3. The zero-order chi connectivity index (χ0) is 12.1. The molecule has 0 aromatic rings. The number of hydrogen-bond acceptors (Lipinski definition) is 2. The van der Waals surface area contributed by atoms with E-state index in [0.717, 1.165) is 25.9 Å². The predicted molar refractivity (Wildman–Crippen MR) is 67.7 cm³/mol. The third-order valence-corrected chi connectivity index (χ3v) is 2.70. The number of unbranched alkanes of at least 4 members (excludes halogenated alkanes) is 6. The number of carbonyl (C=O) groups is 1. The maximum absolute atomic E-state index is 10.3. The van der Waals surface area contributed by atoms with Crippen LogP contribution in [0.2, 0.25) is 0 Å². The van der Waals surface area contributed by atoms with E-state index in [-0.39, 0.29) is 0 Å². The summed E-state index contributed by atoms with van der Waals surface area (Å²) in [6.07, 6.45) is 9.72. The molecule has 0 bridgehead atoms. The van der Waals surface area contributed by atoms with E-state index in [1.807, 2.05) is 0 Å². The van der Waals surface area contributed by atoms with Gasteiger partial charge in [-0.05, 0) is 32.4 Å². The summed E-state index contributed by atoms with van der Waals surface area (Å²) in [7, 11) is 0. The van der Waals surface area contributed by atoms with Gasteiger partial charge in [0.05, 0.1) is 0 Å². The largest absolute Gasteiger partial charge is 0.481 e. The molecule has 96 valence electrons. The van der Waals surface area contributed by atoms with Crippen molar-refractivity contribution in [1.82, 2.24) is 5.32 Å². The number of carboxylic acids is 1. The lowest BCUT2D eigenvalue weighted by Crippen LogP contribution is -2.16. The smallest absolute Gasteiger partial charge is 0.303 e. The Morgan fingerprint density at radius 3 is 2.12 bits per heavy atom. The minimum Gasteiger partial charge on any atom is -0.481 e. The molecule has 0 spiro atoms. The van der Waals surface area contributed by atoms with Crippen LogP contribution in [0.4, 0.5) is 0 Å². The topological polar surface area (TPSA) is 49.3 Å². The van der Waals surface area contributed by atoms with Crippen LogP contribution in [0.25, 0.3) is 0 Å². The summed E-state index contributed by atoms with van der Waals surface area (Å²) in [5, 5.41) is 11.9. The zero-order valence-corrected chi connectivity index (χ0v) is 10.6. The van der Waals surface area contributed by atoms with E-state index in [0.29, 0.717) is 6.42 Å². The minimum absolute atomic E-state index is 0.332. The molecule has 3 heteroatoms. The maximum Gasteiger partial charge on any atom is 0.303 e. The molecule has 0 aliphatic carbocycles. The number of carboxylic acid groups (broad SMARTS) is 1. The summed E-state index contributed by atoms with van der Waals surface area (Å²) in [6, 6.07) is 0. The number of aliphatic carboxylic acids is 1. The van der Waals surface area contributed by atoms with Gasteiger partial charge in [0, 0.05) is 6.42 Å². The lowest BCUT2D eigenvalue weighted by molar-refractivity contribution is -0.137. The van der Waals surface area contributed by atoms with E-state index in [1.54, 1.807) is 0 Å². The van der Waals surface area contributed by atoms with Crippen molar-refractivity contribution in [2.45, 2.75) is 64.7 Å². The Kier molecular flexibility index (Phi) is 12.1. The van der Waals surface area contributed by atoms with Gasteiger partial charge in [-0.15, -0.1) is 0 Å². The number of hydrogen-bond donors (Lipinski definition) is 2. The number of rotatable bonds is 12. The van der Waals surface area contributed by atoms with Crippen molar-refractivity contribution in [1.29, 1.82) is 0 Å². The molecule has 3 nitrogen and oxygen atoms in total. The van der Waals surface area contributed by atoms with Gasteiger partial charge < -0.3 is 10.4 Å². The van der Waals surface area contributed by atoms with Crippen molar-refractivity contribution >= 4 is 5.97 Å². The standard InChI is InChI=1S/C13H27NO2/c1-2-3-11-14-12-9-7-5-4-6-8-10-13(15)16/h14H,2-12H2,1H3,(H,15,16). The molecule has 0 unspecified atom stereocenters. The maximum atomic E-state index is 10.3. The van der Waals surface area contributed by atoms with Gasteiger partial charge in [-0.3, -0.25) is 4.79 Å². The van der Waals surface area contributed by atoms with Crippen molar-refractivity contribution in [3.63, 3.8) is 0 Å². The monoisotopic (exact) mass is 229 g/mol. The summed E-state index contributed by atoms with van der Waals surface area (Å²) >= 11 is 0. The molecule has 0 fully saturated rings. The second-order valence-electron chi connectivity index (χ2n) is 4.37. The first-order valence-corrected chi connectivity index (χ1v) is 6.70. The molecule has 0 aliphatic rings. The van der Waals surface area contributed by atoms with Crippen LogP contribution in [0.3, 0.4) is 0 Å². The Bertz CT molecular complexity index is 160. The molecule has 0 aromatic carbocycles. The first-order chi connectivity index (χ1) is 7.77. The average Bonchev–Trinajstić information content (AvgIpc) is 2.25. The molecule has 0 saturated carbocycles. The van der Waals surface area contributed by atoms with E-state index in [4.69, 9.17) is 5.11 Å². The van der Waals surface area contributed by atoms with Crippen LogP contribution in [0.5, 0.6) is 0 Å². The summed E-state index contributed by atoms with van der Waals surface area (Å²) < 4.78 is 0. The van der Waals surface area contributed by atoms with E-state index in [1.165, 1.54) is 38.5 Å². The molecule has 16 heavy (non-hydrogen) atoms. The molecule has 0 saturated heterocycles. The highest BCUT2D eigenvalue weighted by molar-refractivity contribution is 5.66. The quantitative estimate of drug-likeness (QED) is 0.505. The van der Waals surface area contributed by atoms with Gasteiger partial charge in [0.15, 0.2) is 0 Å². The van der Waals surface area contributed by atoms with Gasteiger partial charge in [0.2, 0.25) is 0 Å². The van der Waals surface area contributed by atoms with Crippen LogP contribution in [0.15, 0.2) is 0 Å². The van der Waals surface area contributed by atoms with Crippen molar-refractivity contribution in [2.75, 3.05) is 13.1 Å². The summed E-state index contributed by atoms with van der Waals surface area (Å²) in [5.74, 6) is -0.667. The second-order valence-corrected chi connectivity index (χ2v) is 4.37. The third-order valence-electron chi connectivity index (χ3n) is 2.70. The van der Waals surface area contributed by atoms with Gasteiger partial charge in [-0.25, -0.2) is 0 Å². The number of nitrogens with one attached hydrogen (secondary N) is 1. The van der Waals surface area contributed by atoms with Crippen molar-refractivity contribution in [2.24, 2.45) is 0 Å². The molecule has 2 N–H and O–H groups in total. The van der Waals surface area contributed by atoms with Crippen LogP contribution >= 0.6 is 0 Å². The van der Waals surface area contributed by atoms with E-state index in [2.05, 4.69) is 12.2 Å². The Morgan fingerprint density at radius 1 is 0.938 bits per heavy atom. The molecular formula is C13H27NO2. The van der Waals surface area contributed by atoms with Crippen LogP contribution < -0.4 is 5.32 Å². The molecule has 0 atom stereocenters. The summed E-state index contributed by atoms with van der Waals surface area (Å²) in [5.41, 5.74) is 0. The molecular weight excluding hydrogens is 202 g/mol. The van der Waals surface area contributed by atoms with Crippen molar-refractivity contribution in [3.05, 3.63) is 0 Å². The fourth-order valence-electron chi connectivity index (χ4n) is 1.66. The fraction of sp³-hybridized carbons (Fsp3) is 0.923. The van der Waals surface area contributed by atoms with Crippen LogP contribution in [-0.4, -0.2) is 24.2 Å². The van der Waals surface area contributed by atoms with Gasteiger partial charge in [0.25, 0.3) is 0 Å². The highest BCUT2D eigenvalue weighted by Gasteiger charge is 1.96. The average molecular weight is 229 g/mol. The summed E-state index contributed by atoms with van der Waals surface area (Å²) in [6.45, 7) is 4.49. The third kappa shape index (κ3) is 13.4. The molecule has 0 heterocycles. The first kappa shape index (κ1) is 15.4. The normalized spacial score (nSPS) is 10.6. The SMILES string of the molecule is CCCCNCCCCCCCCC(=O)O. The van der Waals surface area contributed by atoms with Crippen molar-refractivity contribution < 1.29 is 9.90 Å². The van der Waals surface area contributed by atoms with Crippen LogP contribution in [0.1, 0.15) is 64.7 Å². The van der Waals surface area contributed by atoms with Gasteiger partial charge in [-0.1, -0.05) is 39.0 Å². The van der Waals surface area contributed by atoms with Gasteiger partial charge in [-0.2, -0.15) is 0 Å². The molecule has 0 rings (SSSR count). The second kappa shape index (κ2) is 12.5.